The lowest BCUT2D eigenvalue weighted by Crippen LogP contribution is -1.74. The van der Waals surface area contributed by atoms with E-state index in [9.17, 15) is 0 Å². The van der Waals surface area contributed by atoms with Crippen molar-refractivity contribution < 1.29 is 4.42 Å². The lowest BCUT2D eigenvalue weighted by atomic mass is 10.2. The van der Waals surface area contributed by atoms with Gasteiger partial charge < -0.3 is 4.42 Å². The molecule has 0 aliphatic heterocycles. The number of hydrogen-bond donors (Lipinski definition) is 0. The van der Waals surface area contributed by atoms with Crippen LogP contribution >= 0.6 is 39.1 Å². The van der Waals surface area contributed by atoms with E-state index in [1.165, 1.54) is 0 Å². The van der Waals surface area contributed by atoms with Crippen LogP contribution in [0.2, 0.25) is 10.0 Å². The number of nitrogens with zero attached hydrogens (tertiary/aromatic N) is 1. The van der Waals surface area contributed by atoms with Gasteiger partial charge >= 0.3 is 0 Å². The molecular formula is C15H8BrCl2NO. The zero-order chi connectivity index (χ0) is 14.1. The van der Waals surface area contributed by atoms with Crippen LogP contribution in [0.15, 0.2) is 45.3 Å². The highest BCUT2D eigenvalue weighted by molar-refractivity contribution is 9.10. The average Bonchev–Trinajstić information content (AvgIpc) is 2.82. The van der Waals surface area contributed by atoms with E-state index in [1.807, 2.05) is 30.3 Å². The third-order valence-electron chi connectivity index (χ3n) is 2.73. The molecule has 0 bridgehead atoms. The van der Waals surface area contributed by atoms with Crippen molar-refractivity contribution in [3.8, 4) is 0 Å². The maximum absolute atomic E-state index is 5.97. The predicted octanol–water partition coefficient (Wildman–Crippen LogP) is 6.07. The summed E-state index contributed by atoms with van der Waals surface area (Å²) in [6, 6.07) is 11.1. The summed E-state index contributed by atoms with van der Waals surface area (Å²) in [7, 11) is 0. The van der Waals surface area contributed by atoms with E-state index in [1.54, 1.807) is 18.2 Å². The fraction of sp³-hybridized carbons (Fsp3) is 0. The van der Waals surface area contributed by atoms with Crippen molar-refractivity contribution in [2.75, 3.05) is 0 Å². The van der Waals surface area contributed by atoms with Gasteiger partial charge in [0.25, 0.3) is 0 Å². The van der Waals surface area contributed by atoms with E-state index in [2.05, 4.69) is 20.9 Å². The molecule has 0 radical (unpaired) electrons. The van der Waals surface area contributed by atoms with Crippen LogP contribution in [0.1, 0.15) is 11.5 Å². The summed E-state index contributed by atoms with van der Waals surface area (Å²) in [6.07, 6.45) is 3.68. The second kappa shape index (κ2) is 5.60. The van der Waals surface area contributed by atoms with Crippen molar-refractivity contribution in [2.24, 2.45) is 0 Å². The second-order valence-electron chi connectivity index (χ2n) is 4.17. The molecule has 0 aliphatic rings. The highest BCUT2D eigenvalue weighted by atomic mass is 79.9. The molecule has 0 amide bonds. The number of hydrogen-bond acceptors (Lipinski definition) is 2. The Morgan fingerprint density at radius 1 is 1.00 bits per heavy atom. The maximum Gasteiger partial charge on any atom is 0.220 e. The van der Waals surface area contributed by atoms with Crippen LogP contribution in [0.25, 0.3) is 23.3 Å². The Morgan fingerprint density at radius 2 is 1.85 bits per heavy atom. The topological polar surface area (TPSA) is 26.0 Å². The van der Waals surface area contributed by atoms with Crippen LogP contribution in [0.3, 0.4) is 0 Å². The molecule has 3 rings (SSSR count). The standard InChI is InChI=1S/C15H8BrCl2NO/c16-10-3-5-14-13(8-10)19-15(20-14)6-2-9-1-4-11(17)12(18)7-9/h1-8H. The second-order valence-corrected chi connectivity index (χ2v) is 5.90. The van der Waals surface area contributed by atoms with E-state index in [0.29, 0.717) is 15.9 Å². The molecule has 0 aliphatic carbocycles. The first-order valence-electron chi connectivity index (χ1n) is 5.81. The molecule has 0 atom stereocenters. The molecule has 0 unspecified atom stereocenters. The van der Waals surface area contributed by atoms with E-state index in [-0.39, 0.29) is 0 Å². The Bertz CT molecular complexity index is 811. The van der Waals surface area contributed by atoms with Crippen LogP contribution in [-0.2, 0) is 0 Å². The minimum Gasteiger partial charge on any atom is -0.437 e. The monoisotopic (exact) mass is 367 g/mol. The molecule has 3 aromatic rings. The highest BCUT2D eigenvalue weighted by Crippen LogP contribution is 2.24. The Balaban J connectivity index is 1.91. The number of benzene rings is 2. The third kappa shape index (κ3) is 2.90. The minimum absolute atomic E-state index is 0.523. The molecule has 2 aromatic carbocycles. The number of aromatic nitrogens is 1. The SMILES string of the molecule is Clc1ccc(C=Cc2nc3cc(Br)ccc3o2)cc1Cl. The van der Waals surface area contributed by atoms with E-state index >= 15 is 0 Å². The Labute approximate surface area is 134 Å². The molecule has 0 fully saturated rings. The summed E-state index contributed by atoms with van der Waals surface area (Å²) in [6.45, 7) is 0. The Morgan fingerprint density at radius 3 is 2.65 bits per heavy atom. The largest absolute Gasteiger partial charge is 0.437 e. The normalized spacial score (nSPS) is 11.6. The first-order valence-corrected chi connectivity index (χ1v) is 7.36. The average molecular weight is 369 g/mol. The molecular weight excluding hydrogens is 361 g/mol. The zero-order valence-electron chi connectivity index (χ0n) is 10.1. The van der Waals surface area contributed by atoms with Crippen LogP contribution in [-0.4, -0.2) is 4.98 Å². The molecule has 1 heterocycles. The lowest BCUT2D eigenvalue weighted by molar-refractivity contribution is 0.589. The van der Waals surface area contributed by atoms with Crippen molar-refractivity contribution in [2.45, 2.75) is 0 Å². The van der Waals surface area contributed by atoms with Crippen molar-refractivity contribution in [3.63, 3.8) is 0 Å². The zero-order valence-corrected chi connectivity index (χ0v) is 13.2. The molecule has 0 spiro atoms. The molecule has 0 saturated carbocycles. The van der Waals surface area contributed by atoms with Gasteiger partial charge in [-0.1, -0.05) is 45.2 Å². The Hall–Kier alpha value is -1.29. The predicted molar refractivity (Wildman–Crippen MR) is 87.1 cm³/mol. The van der Waals surface area contributed by atoms with Gasteiger partial charge in [-0.2, -0.15) is 0 Å². The van der Waals surface area contributed by atoms with Crippen molar-refractivity contribution in [1.29, 1.82) is 0 Å². The smallest absolute Gasteiger partial charge is 0.220 e. The van der Waals surface area contributed by atoms with Gasteiger partial charge in [-0.05, 0) is 42.0 Å². The van der Waals surface area contributed by atoms with Gasteiger partial charge in [-0.15, -0.1) is 0 Å². The first-order chi connectivity index (χ1) is 9.61. The summed E-state index contributed by atoms with van der Waals surface area (Å²) in [4.78, 5) is 4.39. The maximum atomic E-state index is 5.97. The number of fused-ring (bicyclic) bond motifs is 1. The van der Waals surface area contributed by atoms with Gasteiger partial charge in [0.05, 0.1) is 10.0 Å². The van der Waals surface area contributed by atoms with Gasteiger partial charge in [-0.3, -0.25) is 0 Å². The molecule has 100 valence electrons. The summed E-state index contributed by atoms with van der Waals surface area (Å²) in [5, 5.41) is 1.06. The summed E-state index contributed by atoms with van der Waals surface area (Å²) >= 11 is 15.2. The summed E-state index contributed by atoms with van der Waals surface area (Å²) in [5.41, 5.74) is 2.50. The van der Waals surface area contributed by atoms with Crippen LogP contribution in [0.4, 0.5) is 0 Å². The van der Waals surface area contributed by atoms with Crippen LogP contribution in [0, 0.1) is 0 Å². The molecule has 5 heteroatoms. The summed E-state index contributed by atoms with van der Waals surface area (Å²) < 4.78 is 6.59. The molecule has 1 aromatic heterocycles. The molecule has 0 saturated heterocycles. The Kier molecular flexibility index (Phi) is 3.83. The van der Waals surface area contributed by atoms with Crippen LogP contribution < -0.4 is 0 Å². The number of rotatable bonds is 2. The van der Waals surface area contributed by atoms with Gasteiger partial charge in [0.15, 0.2) is 5.58 Å². The van der Waals surface area contributed by atoms with Crippen molar-refractivity contribution in [1.82, 2.24) is 4.98 Å². The van der Waals surface area contributed by atoms with E-state index < -0.39 is 0 Å². The third-order valence-corrected chi connectivity index (χ3v) is 3.96. The fourth-order valence-electron chi connectivity index (χ4n) is 1.77. The lowest BCUT2D eigenvalue weighted by Gasteiger charge is -1.96. The summed E-state index contributed by atoms with van der Waals surface area (Å²) in [5.74, 6) is 0.546. The first kappa shape index (κ1) is 13.7. The molecule has 2 nitrogen and oxygen atoms in total. The quantitative estimate of drug-likeness (QED) is 0.548. The van der Waals surface area contributed by atoms with Crippen molar-refractivity contribution >= 4 is 62.4 Å². The number of oxazole rings is 1. The van der Waals surface area contributed by atoms with Gasteiger partial charge in [-0.25, -0.2) is 4.98 Å². The van der Waals surface area contributed by atoms with E-state index in [0.717, 1.165) is 21.1 Å². The fourth-order valence-corrected chi connectivity index (χ4v) is 2.43. The minimum atomic E-state index is 0.523. The van der Waals surface area contributed by atoms with Gasteiger partial charge in [0, 0.05) is 10.5 Å². The molecule has 20 heavy (non-hydrogen) atoms. The van der Waals surface area contributed by atoms with E-state index in [4.69, 9.17) is 27.6 Å². The molecule has 0 N–H and O–H groups in total. The number of halogens is 3. The van der Waals surface area contributed by atoms with Gasteiger partial charge in [0.2, 0.25) is 5.89 Å². The van der Waals surface area contributed by atoms with Crippen LogP contribution in [0.5, 0.6) is 0 Å². The highest BCUT2D eigenvalue weighted by Gasteiger charge is 2.03. The van der Waals surface area contributed by atoms with Crippen molar-refractivity contribution in [3.05, 3.63) is 62.4 Å². The van der Waals surface area contributed by atoms with Gasteiger partial charge in [0.1, 0.15) is 5.52 Å².